The fourth-order valence-corrected chi connectivity index (χ4v) is 2.05. The van der Waals surface area contributed by atoms with Gasteiger partial charge in [0.15, 0.2) is 0 Å². The van der Waals surface area contributed by atoms with Crippen molar-refractivity contribution >= 4 is 10.9 Å². The highest BCUT2D eigenvalue weighted by atomic mass is 16.5. The Kier molecular flexibility index (Phi) is 2.79. The lowest BCUT2D eigenvalue weighted by Gasteiger charge is -2.15. The summed E-state index contributed by atoms with van der Waals surface area (Å²) >= 11 is 0. The van der Waals surface area contributed by atoms with Gasteiger partial charge in [-0.2, -0.15) is 0 Å². The second kappa shape index (κ2) is 4.10. The SMILES string of the molecule is COc1ccc2nccc(C)c2c1C(C)N. The third-order valence-corrected chi connectivity index (χ3v) is 2.79. The Balaban J connectivity index is 2.87. The highest BCUT2D eigenvalue weighted by Gasteiger charge is 2.14. The van der Waals surface area contributed by atoms with Crippen LogP contribution >= 0.6 is 0 Å². The molecule has 16 heavy (non-hydrogen) atoms. The average Bonchev–Trinajstić information content (AvgIpc) is 2.27. The van der Waals surface area contributed by atoms with Gasteiger partial charge in [0.2, 0.25) is 0 Å². The Hall–Kier alpha value is -1.61. The van der Waals surface area contributed by atoms with Gasteiger partial charge in [0, 0.05) is 23.2 Å². The zero-order valence-corrected chi connectivity index (χ0v) is 9.82. The molecule has 0 aliphatic rings. The van der Waals surface area contributed by atoms with Gasteiger partial charge in [-0.3, -0.25) is 4.98 Å². The number of hydrogen-bond donors (Lipinski definition) is 1. The van der Waals surface area contributed by atoms with Crippen LogP contribution in [0.5, 0.6) is 5.75 Å². The fraction of sp³-hybridized carbons (Fsp3) is 0.308. The normalized spacial score (nSPS) is 12.8. The van der Waals surface area contributed by atoms with Crippen molar-refractivity contribution in [2.75, 3.05) is 7.11 Å². The van der Waals surface area contributed by atoms with E-state index >= 15 is 0 Å². The summed E-state index contributed by atoms with van der Waals surface area (Å²) in [4.78, 5) is 4.35. The van der Waals surface area contributed by atoms with Crippen LogP contribution in [0.4, 0.5) is 0 Å². The van der Waals surface area contributed by atoms with Crippen LogP contribution in [0.25, 0.3) is 10.9 Å². The topological polar surface area (TPSA) is 48.1 Å². The smallest absolute Gasteiger partial charge is 0.124 e. The maximum absolute atomic E-state index is 6.02. The molecule has 0 amide bonds. The molecule has 0 aliphatic heterocycles. The van der Waals surface area contributed by atoms with Crippen LogP contribution in [-0.4, -0.2) is 12.1 Å². The zero-order valence-electron chi connectivity index (χ0n) is 9.82. The number of nitrogens with two attached hydrogens (primary N) is 1. The lowest BCUT2D eigenvalue weighted by Crippen LogP contribution is -2.08. The van der Waals surface area contributed by atoms with E-state index in [1.54, 1.807) is 7.11 Å². The third kappa shape index (κ3) is 1.63. The number of ether oxygens (including phenoxy) is 1. The summed E-state index contributed by atoms with van der Waals surface area (Å²) in [6, 6.07) is 5.82. The summed E-state index contributed by atoms with van der Waals surface area (Å²) in [5, 5.41) is 1.11. The molecule has 84 valence electrons. The van der Waals surface area contributed by atoms with E-state index in [1.807, 2.05) is 31.3 Å². The Labute approximate surface area is 95.2 Å². The number of methoxy groups -OCH3 is 1. The first-order valence-corrected chi connectivity index (χ1v) is 5.33. The van der Waals surface area contributed by atoms with E-state index < -0.39 is 0 Å². The average molecular weight is 216 g/mol. The van der Waals surface area contributed by atoms with Crippen molar-refractivity contribution < 1.29 is 4.74 Å². The van der Waals surface area contributed by atoms with Crippen molar-refractivity contribution in [3.63, 3.8) is 0 Å². The van der Waals surface area contributed by atoms with E-state index in [0.29, 0.717) is 0 Å². The lowest BCUT2D eigenvalue weighted by molar-refractivity contribution is 0.408. The minimum Gasteiger partial charge on any atom is -0.496 e. The van der Waals surface area contributed by atoms with Crippen LogP contribution in [0.3, 0.4) is 0 Å². The monoisotopic (exact) mass is 216 g/mol. The molecule has 1 atom stereocenters. The molecule has 0 radical (unpaired) electrons. The van der Waals surface area contributed by atoms with E-state index in [1.165, 1.54) is 5.56 Å². The molecule has 0 aliphatic carbocycles. The number of fused-ring (bicyclic) bond motifs is 1. The maximum atomic E-state index is 6.02. The van der Waals surface area contributed by atoms with Crippen molar-refractivity contribution in [2.45, 2.75) is 19.9 Å². The molecule has 3 heteroatoms. The Morgan fingerprint density at radius 1 is 1.31 bits per heavy atom. The quantitative estimate of drug-likeness (QED) is 0.839. The van der Waals surface area contributed by atoms with E-state index in [0.717, 1.165) is 22.2 Å². The van der Waals surface area contributed by atoms with Crippen LogP contribution in [0.15, 0.2) is 24.4 Å². The fourth-order valence-electron chi connectivity index (χ4n) is 2.05. The standard InChI is InChI=1S/C13H16N2O/c1-8-6-7-15-10-4-5-11(16-3)13(9(2)14)12(8)10/h4-7,9H,14H2,1-3H3. The first kappa shape index (κ1) is 10.9. The van der Waals surface area contributed by atoms with Crippen LogP contribution in [0, 0.1) is 6.92 Å². The molecule has 1 heterocycles. The minimum atomic E-state index is -0.0680. The van der Waals surface area contributed by atoms with Gasteiger partial charge < -0.3 is 10.5 Å². The number of aromatic nitrogens is 1. The molecule has 0 bridgehead atoms. The second-order valence-electron chi connectivity index (χ2n) is 3.99. The molecule has 1 aromatic heterocycles. The predicted molar refractivity (Wildman–Crippen MR) is 65.6 cm³/mol. The molecule has 0 saturated heterocycles. The molecule has 1 unspecified atom stereocenters. The van der Waals surface area contributed by atoms with E-state index in [9.17, 15) is 0 Å². The molecular formula is C13H16N2O. The number of rotatable bonds is 2. The van der Waals surface area contributed by atoms with Gasteiger partial charge in [0.25, 0.3) is 0 Å². The van der Waals surface area contributed by atoms with Crippen molar-refractivity contribution in [1.82, 2.24) is 4.98 Å². The minimum absolute atomic E-state index is 0.0680. The van der Waals surface area contributed by atoms with Crippen LogP contribution in [0.1, 0.15) is 24.1 Å². The molecule has 2 aromatic rings. The molecule has 1 aromatic carbocycles. The van der Waals surface area contributed by atoms with Crippen molar-refractivity contribution in [3.05, 3.63) is 35.5 Å². The van der Waals surface area contributed by atoms with Gasteiger partial charge in [0.1, 0.15) is 5.75 Å². The van der Waals surface area contributed by atoms with Gasteiger partial charge in [-0.05, 0) is 37.6 Å². The molecule has 0 spiro atoms. The Morgan fingerprint density at radius 3 is 2.69 bits per heavy atom. The number of pyridine rings is 1. The number of hydrogen-bond acceptors (Lipinski definition) is 3. The van der Waals surface area contributed by atoms with E-state index in [-0.39, 0.29) is 6.04 Å². The summed E-state index contributed by atoms with van der Waals surface area (Å²) in [5.41, 5.74) is 9.19. The highest BCUT2D eigenvalue weighted by molar-refractivity contribution is 5.88. The summed E-state index contributed by atoms with van der Waals surface area (Å²) in [5.74, 6) is 0.832. The van der Waals surface area contributed by atoms with Crippen LogP contribution in [0.2, 0.25) is 0 Å². The van der Waals surface area contributed by atoms with Crippen molar-refractivity contribution in [1.29, 1.82) is 0 Å². The van der Waals surface area contributed by atoms with Crippen molar-refractivity contribution in [3.8, 4) is 5.75 Å². The number of aryl methyl sites for hydroxylation is 1. The first-order chi connectivity index (χ1) is 7.65. The molecule has 2 rings (SSSR count). The molecule has 0 fully saturated rings. The molecule has 2 N–H and O–H groups in total. The maximum Gasteiger partial charge on any atom is 0.124 e. The third-order valence-electron chi connectivity index (χ3n) is 2.79. The number of benzene rings is 1. The number of nitrogens with zero attached hydrogens (tertiary/aromatic N) is 1. The molecule has 3 nitrogen and oxygen atoms in total. The summed E-state index contributed by atoms with van der Waals surface area (Å²) in [6.07, 6.45) is 1.81. The summed E-state index contributed by atoms with van der Waals surface area (Å²) < 4.78 is 5.36. The van der Waals surface area contributed by atoms with Gasteiger partial charge >= 0.3 is 0 Å². The van der Waals surface area contributed by atoms with Gasteiger partial charge in [0.05, 0.1) is 12.6 Å². The van der Waals surface area contributed by atoms with Crippen LogP contribution < -0.4 is 10.5 Å². The first-order valence-electron chi connectivity index (χ1n) is 5.33. The highest BCUT2D eigenvalue weighted by Crippen LogP contribution is 2.32. The Morgan fingerprint density at radius 2 is 2.06 bits per heavy atom. The van der Waals surface area contributed by atoms with Crippen molar-refractivity contribution in [2.24, 2.45) is 5.73 Å². The lowest BCUT2D eigenvalue weighted by atomic mass is 9.98. The Bertz CT molecular complexity index is 521. The molecular weight excluding hydrogens is 200 g/mol. The zero-order chi connectivity index (χ0) is 11.7. The second-order valence-corrected chi connectivity index (χ2v) is 3.99. The predicted octanol–water partition coefficient (Wildman–Crippen LogP) is 2.57. The molecule has 0 saturated carbocycles. The van der Waals surface area contributed by atoms with Gasteiger partial charge in [-0.25, -0.2) is 0 Å². The summed E-state index contributed by atoms with van der Waals surface area (Å²) in [7, 11) is 1.67. The van der Waals surface area contributed by atoms with Crippen LogP contribution in [-0.2, 0) is 0 Å². The largest absolute Gasteiger partial charge is 0.496 e. The summed E-state index contributed by atoms with van der Waals surface area (Å²) in [6.45, 7) is 4.03. The van der Waals surface area contributed by atoms with Gasteiger partial charge in [-0.15, -0.1) is 0 Å². The van der Waals surface area contributed by atoms with E-state index in [2.05, 4.69) is 11.9 Å². The van der Waals surface area contributed by atoms with E-state index in [4.69, 9.17) is 10.5 Å². The van der Waals surface area contributed by atoms with Gasteiger partial charge in [-0.1, -0.05) is 0 Å².